The molecule has 0 aliphatic carbocycles. The second-order valence-corrected chi connectivity index (χ2v) is 4.48. The van der Waals surface area contributed by atoms with Gasteiger partial charge in [0.2, 0.25) is 11.8 Å². The Bertz CT molecular complexity index is 281. The zero-order chi connectivity index (χ0) is 12.8. The molecule has 0 spiro atoms. The van der Waals surface area contributed by atoms with Gasteiger partial charge in [-0.05, 0) is 40.3 Å². The smallest absolute Gasteiger partial charge is 0.242 e. The van der Waals surface area contributed by atoms with Crippen molar-refractivity contribution in [3.63, 3.8) is 0 Å². The van der Waals surface area contributed by atoms with E-state index in [-0.39, 0.29) is 17.9 Å². The van der Waals surface area contributed by atoms with Crippen molar-refractivity contribution in [2.45, 2.75) is 44.7 Å². The largest absolute Gasteiger partial charge is 0.355 e. The zero-order valence-corrected chi connectivity index (χ0v) is 11.0. The van der Waals surface area contributed by atoms with Gasteiger partial charge in [0.1, 0.15) is 6.04 Å². The first-order chi connectivity index (χ1) is 8.15. The lowest BCUT2D eigenvalue weighted by molar-refractivity contribution is -0.136. The maximum Gasteiger partial charge on any atom is 0.242 e. The summed E-state index contributed by atoms with van der Waals surface area (Å²) >= 11 is 0. The summed E-state index contributed by atoms with van der Waals surface area (Å²) in [7, 11) is 3.75. The predicted octanol–water partition coefficient (Wildman–Crippen LogP) is 0.112. The standard InChI is InChI=1S/C10H16N2O2.C2H7N/c1-2-11-10(14)8-5-3-7-4-6-9(13)12(7)8;1-3-2/h7-8H,2-6H2,1H3,(H,11,14);3H,1-2H3. The van der Waals surface area contributed by atoms with E-state index >= 15 is 0 Å². The molecule has 98 valence electrons. The molecule has 2 aliphatic heterocycles. The maximum absolute atomic E-state index is 11.6. The van der Waals surface area contributed by atoms with Gasteiger partial charge in [-0.1, -0.05) is 0 Å². The van der Waals surface area contributed by atoms with Crippen LogP contribution in [0.3, 0.4) is 0 Å². The summed E-state index contributed by atoms with van der Waals surface area (Å²) in [6.45, 7) is 2.54. The molecule has 2 rings (SSSR count). The lowest BCUT2D eigenvalue weighted by Gasteiger charge is -2.23. The van der Waals surface area contributed by atoms with E-state index in [1.165, 1.54) is 0 Å². The van der Waals surface area contributed by atoms with Crippen LogP contribution in [0.1, 0.15) is 32.6 Å². The molecule has 0 saturated carbocycles. The minimum atomic E-state index is -0.185. The third-order valence-electron chi connectivity index (χ3n) is 3.14. The summed E-state index contributed by atoms with van der Waals surface area (Å²) in [5.41, 5.74) is 0. The van der Waals surface area contributed by atoms with Crippen molar-refractivity contribution in [3.8, 4) is 0 Å². The van der Waals surface area contributed by atoms with E-state index < -0.39 is 0 Å². The minimum Gasteiger partial charge on any atom is -0.355 e. The van der Waals surface area contributed by atoms with E-state index in [1.54, 1.807) is 4.90 Å². The van der Waals surface area contributed by atoms with Crippen molar-refractivity contribution in [1.82, 2.24) is 15.5 Å². The molecule has 2 fully saturated rings. The second kappa shape index (κ2) is 6.59. The van der Waals surface area contributed by atoms with Gasteiger partial charge in [-0.25, -0.2) is 0 Å². The predicted molar refractivity (Wildman–Crippen MR) is 66.6 cm³/mol. The van der Waals surface area contributed by atoms with Crippen molar-refractivity contribution in [2.75, 3.05) is 20.6 Å². The first-order valence-corrected chi connectivity index (χ1v) is 6.33. The number of amides is 2. The summed E-state index contributed by atoms with van der Waals surface area (Å²) in [4.78, 5) is 24.9. The quantitative estimate of drug-likeness (QED) is 0.721. The molecule has 2 heterocycles. The lowest BCUT2D eigenvalue weighted by Crippen LogP contribution is -2.45. The number of carbonyl (C=O) groups excluding carboxylic acids is 2. The number of hydrogen-bond acceptors (Lipinski definition) is 3. The molecule has 0 radical (unpaired) electrons. The number of nitrogens with zero attached hydrogens (tertiary/aromatic N) is 1. The van der Waals surface area contributed by atoms with Crippen LogP contribution in [0.15, 0.2) is 0 Å². The molecule has 2 unspecified atom stereocenters. The third kappa shape index (κ3) is 3.19. The molecule has 0 aromatic heterocycles. The molecule has 5 nitrogen and oxygen atoms in total. The van der Waals surface area contributed by atoms with Crippen LogP contribution < -0.4 is 10.6 Å². The van der Waals surface area contributed by atoms with Gasteiger partial charge in [-0.15, -0.1) is 0 Å². The fraction of sp³-hybridized carbons (Fsp3) is 0.833. The van der Waals surface area contributed by atoms with Crippen LogP contribution in [-0.2, 0) is 9.59 Å². The molecule has 0 aromatic rings. The highest BCUT2D eigenvalue weighted by molar-refractivity contribution is 5.89. The molecule has 17 heavy (non-hydrogen) atoms. The maximum atomic E-state index is 11.6. The zero-order valence-electron chi connectivity index (χ0n) is 11.0. The van der Waals surface area contributed by atoms with Gasteiger partial charge in [0, 0.05) is 19.0 Å². The normalized spacial score (nSPS) is 26.3. The van der Waals surface area contributed by atoms with Crippen LogP contribution in [0, 0.1) is 0 Å². The van der Waals surface area contributed by atoms with Crippen molar-refractivity contribution in [3.05, 3.63) is 0 Å². The van der Waals surface area contributed by atoms with Crippen molar-refractivity contribution in [2.24, 2.45) is 0 Å². The first kappa shape index (κ1) is 14.0. The number of nitrogens with one attached hydrogen (secondary N) is 2. The van der Waals surface area contributed by atoms with Gasteiger partial charge in [0.05, 0.1) is 0 Å². The van der Waals surface area contributed by atoms with Crippen molar-refractivity contribution >= 4 is 11.8 Å². The summed E-state index contributed by atoms with van der Waals surface area (Å²) in [6.07, 6.45) is 3.39. The first-order valence-electron chi connectivity index (χ1n) is 6.33. The fourth-order valence-corrected chi connectivity index (χ4v) is 2.51. The number of rotatable bonds is 2. The summed E-state index contributed by atoms with van der Waals surface area (Å²) < 4.78 is 0. The van der Waals surface area contributed by atoms with Gasteiger partial charge >= 0.3 is 0 Å². The van der Waals surface area contributed by atoms with E-state index in [1.807, 2.05) is 21.0 Å². The van der Waals surface area contributed by atoms with E-state index in [9.17, 15) is 9.59 Å². The van der Waals surface area contributed by atoms with Crippen LogP contribution in [-0.4, -0.2) is 49.4 Å². The lowest BCUT2D eigenvalue weighted by atomic mass is 10.1. The fourth-order valence-electron chi connectivity index (χ4n) is 2.51. The van der Waals surface area contributed by atoms with E-state index in [0.29, 0.717) is 19.0 Å². The highest BCUT2D eigenvalue weighted by atomic mass is 16.2. The van der Waals surface area contributed by atoms with E-state index in [2.05, 4.69) is 10.6 Å². The van der Waals surface area contributed by atoms with Gasteiger partial charge in [0.15, 0.2) is 0 Å². The Morgan fingerprint density at radius 3 is 2.59 bits per heavy atom. The second-order valence-electron chi connectivity index (χ2n) is 4.48. The summed E-state index contributed by atoms with van der Waals surface area (Å²) in [5, 5.41) is 5.54. The summed E-state index contributed by atoms with van der Waals surface area (Å²) in [5.74, 6) is 0.175. The molecule has 2 N–H and O–H groups in total. The molecular formula is C12H23N3O2. The van der Waals surface area contributed by atoms with E-state index in [4.69, 9.17) is 0 Å². The molecule has 5 heteroatoms. The Hall–Kier alpha value is -1.10. The number of likely N-dealkylation sites (N-methyl/N-ethyl adjacent to an activating group) is 1. The van der Waals surface area contributed by atoms with Gasteiger partial charge in [-0.3, -0.25) is 9.59 Å². The van der Waals surface area contributed by atoms with Crippen LogP contribution in [0.2, 0.25) is 0 Å². The Morgan fingerprint density at radius 2 is 2.00 bits per heavy atom. The minimum absolute atomic E-state index is 0.0188. The molecule has 0 aromatic carbocycles. The Labute approximate surface area is 103 Å². The highest BCUT2D eigenvalue weighted by Crippen LogP contribution is 2.33. The van der Waals surface area contributed by atoms with Crippen molar-refractivity contribution < 1.29 is 9.59 Å². The van der Waals surface area contributed by atoms with Crippen molar-refractivity contribution in [1.29, 1.82) is 0 Å². The Morgan fingerprint density at radius 1 is 1.35 bits per heavy atom. The average molecular weight is 241 g/mol. The van der Waals surface area contributed by atoms with Gasteiger partial charge in [-0.2, -0.15) is 0 Å². The summed E-state index contributed by atoms with van der Waals surface area (Å²) in [6, 6.07) is 0.157. The van der Waals surface area contributed by atoms with Crippen LogP contribution in [0.4, 0.5) is 0 Å². The molecule has 2 aliphatic rings. The van der Waals surface area contributed by atoms with Gasteiger partial charge in [0.25, 0.3) is 0 Å². The molecule has 2 amide bonds. The van der Waals surface area contributed by atoms with E-state index in [0.717, 1.165) is 19.3 Å². The van der Waals surface area contributed by atoms with Crippen LogP contribution in [0.25, 0.3) is 0 Å². The highest BCUT2D eigenvalue weighted by Gasteiger charge is 2.43. The van der Waals surface area contributed by atoms with Crippen LogP contribution in [0.5, 0.6) is 0 Å². The van der Waals surface area contributed by atoms with Gasteiger partial charge < -0.3 is 15.5 Å². The number of hydrogen-bond donors (Lipinski definition) is 2. The monoisotopic (exact) mass is 241 g/mol. The Balaban J connectivity index is 0.000000437. The Kier molecular flexibility index (Phi) is 5.41. The van der Waals surface area contributed by atoms with Crippen LogP contribution >= 0.6 is 0 Å². The third-order valence-corrected chi connectivity index (χ3v) is 3.14. The molecule has 2 atom stereocenters. The number of fused-ring (bicyclic) bond motifs is 1. The molecular weight excluding hydrogens is 218 g/mol. The molecule has 0 bridgehead atoms. The average Bonchev–Trinajstić information content (AvgIpc) is 2.84. The molecule has 2 saturated heterocycles. The topological polar surface area (TPSA) is 61.4 Å². The number of carbonyl (C=O) groups is 2. The SMILES string of the molecule is CCNC(=O)C1CCC2CCC(=O)N21.CNC.